The van der Waals surface area contributed by atoms with Crippen molar-refractivity contribution >= 4 is 11.8 Å². The Morgan fingerprint density at radius 3 is 2.50 bits per heavy atom. The monoisotopic (exact) mass is 281 g/mol. The fourth-order valence-electron chi connectivity index (χ4n) is 1.72. The van der Waals surface area contributed by atoms with E-state index < -0.39 is 5.97 Å². The molecular formula is C14H23N3O3. The summed E-state index contributed by atoms with van der Waals surface area (Å²) in [7, 11) is 1.63. The van der Waals surface area contributed by atoms with Crippen LogP contribution >= 0.6 is 0 Å². The Kier molecular flexibility index (Phi) is 5.44. The molecule has 0 spiro atoms. The number of anilines is 1. The summed E-state index contributed by atoms with van der Waals surface area (Å²) in [5.41, 5.74) is 0.382. The number of carboxylic acid groups (broad SMARTS) is 1. The van der Waals surface area contributed by atoms with Gasteiger partial charge in [-0.3, -0.25) is 0 Å². The van der Waals surface area contributed by atoms with Crippen LogP contribution in [0.25, 0.3) is 0 Å². The van der Waals surface area contributed by atoms with Crippen molar-refractivity contribution in [3.63, 3.8) is 0 Å². The molecule has 1 aromatic rings. The Morgan fingerprint density at radius 1 is 1.35 bits per heavy atom. The first-order valence-corrected chi connectivity index (χ1v) is 6.62. The van der Waals surface area contributed by atoms with E-state index in [-0.39, 0.29) is 11.0 Å². The van der Waals surface area contributed by atoms with Crippen LogP contribution in [-0.4, -0.2) is 41.3 Å². The van der Waals surface area contributed by atoms with E-state index in [4.69, 9.17) is 4.74 Å². The highest BCUT2D eigenvalue weighted by molar-refractivity contribution is 5.94. The number of aryl methyl sites for hydroxylation is 1. The standard InChI is InChI=1S/C14H23N3O3/c1-9-10(12(18)19)11(15-7-6-8-20-5)17-13(16-9)14(2,3)4/h6-8H2,1-5H3,(H,18,19)(H,15,16,17). The third kappa shape index (κ3) is 4.16. The van der Waals surface area contributed by atoms with Crippen LogP contribution in [0.4, 0.5) is 5.82 Å². The molecule has 0 aliphatic heterocycles. The number of carbonyl (C=O) groups is 1. The van der Waals surface area contributed by atoms with Gasteiger partial charge in [0.2, 0.25) is 0 Å². The first-order valence-electron chi connectivity index (χ1n) is 6.62. The van der Waals surface area contributed by atoms with E-state index in [1.54, 1.807) is 14.0 Å². The van der Waals surface area contributed by atoms with Gasteiger partial charge in [0.15, 0.2) is 0 Å². The second-order valence-corrected chi connectivity index (χ2v) is 5.68. The largest absolute Gasteiger partial charge is 0.477 e. The number of nitrogens with one attached hydrogen (secondary N) is 1. The van der Waals surface area contributed by atoms with Crippen molar-refractivity contribution < 1.29 is 14.6 Å². The third-order valence-corrected chi connectivity index (χ3v) is 2.79. The van der Waals surface area contributed by atoms with Gasteiger partial charge in [-0.1, -0.05) is 20.8 Å². The SMILES string of the molecule is COCCCNc1nc(C(C)(C)C)nc(C)c1C(=O)O. The molecule has 0 saturated carbocycles. The topological polar surface area (TPSA) is 84.3 Å². The number of aromatic carboxylic acids is 1. The Labute approximate surface area is 119 Å². The fraction of sp³-hybridized carbons (Fsp3) is 0.643. The van der Waals surface area contributed by atoms with Crippen molar-refractivity contribution in [2.75, 3.05) is 25.6 Å². The van der Waals surface area contributed by atoms with Gasteiger partial charge < -0.3 is 15.2 Å². The van der Waals surface area contributed by atoms with Gasteiger partial charge in [-0.15, -0.1) is 0 Å². The van der Waals surface area contributed by atoms with E-state index in [2.05, 4.69) is 15.3 Å². The lowest BCUT2D eigenvalue weighted by molar-refractivity contribution is 0.0696. The van der Waals surface area contributed by atoms with Crippen LogP contribution < -0.4 is 5.32 Å². The number of aromatic nitrogens is 2. The van der Waals surface area contributed by atoms with Gasteiger partial charge in [-0.25, -0.2) is 14.8 Å². The van der Waals surface area contributed by atoms with Crippen molar-refractivity contribution in [2.24, 2.45) is 0 Å². The number of methoxy groups -OCH3 is 1. The van der Waals surface area contributed by atoms with Crippen LogP contribution in [0.2, 0.25) is 0 Å². The van der Waals surface area contributed by atoms with E-state index in [0.717, 1.165) is 6.42 Å². The van der Waals surface area contributed by atoms with Crippen molar-refractivity contribution in [1.29, 1.82) is 0 Å². The molecule has 0 aromatic carbocycles. The highest BCUT2D eigenvalue weighted by atomic mass is 16.5. The van der Waals surface area contributed by atoms with E-state index >= 15 is 0 Å². The van der Waals surface area contributed by atoms with Crippen molar-refractivity contribution in [3.05, 3.63) is 17.1 Å². The summed E-state index contributed by atoms with van der Waals surface area (Å²) in [6.45, 7) is 8.91. The molecule has 0 radical (unpaired) electrons. The minimum atomic E-state index is -1.02. The van der Waals surface area contributed by atoms with E-state index in [1.807, 2.05) is 20.8 Å². The first-order chi connectivity index (χ1) is 9.27. The fourth-order valence-corrected chi connectivity index (χ4v) is 1.72. The predicted octanol–water partition coefficient (Wildman–Crippen LogP) is 2.23. The molecule has 20 heavy (non-hydrogen) atoms. The van der Waals surface area contributed by atoms with Crippen molar-refractivity contribution in [1.82, 2.24) is 9.97 Å². The van der Waals surface area contributed by atoms with Gasteiger partial charge in [0.1, 0.15) is 17.2 Å². The van der Waals surface area contributed by atoms with Gasteiger partial charge in [-0.05, 0) is 13.3 Å². The highest BCUT2D eigenvalue weighted by Gasteiger charge is 2.23. The van der Waals surface area contributed by atoms with Crippen LogP contribution in [-0.2, 0) is 10.2 Å². The minimum absolute atomic E-state index is 0.135. The number of nitrogens with zero attached hydrogens (tertiary/aromatic N) is 2. The number of rotatable bonds is 6. The molecule has 1 aromatic heterocycles. The van der Waals surface area contributed by atoms with Gasteiger partial charge in [0, 0.05) is 25.7 Å². The van der Waals surface area contributed by atoms with Crippen LogP contribution in [0.1, 0.15) is 49.1 Å². The molecule has 6 nitrogen and oxygen atoms in total. The molecule has 0 amide bonds. The quantitative estimate of drug-likeness (QED) is 0.778. The number of ether oxygens (including phenoxy) is 1. The molecule has 0 aliphatic carbocycles. The maximum absolute atomic E-state index is 11.3. The molecule has 0 atom stereocenters. The van der Waals surface area contributed by atoms with E-state index in [9.17, 15) is 9.90 Å². The summed E-state index contributed by atoms with van der Waals surface area (Å²) in [5.74, 6) is -0.00234. The van der Waals surface area contributed by atoms with Gasteiger partial charge in [0.05, 0.1) is 5.69 Å². The van der Waals surface area contributed by atoms with Crippen LogP contribution in [0.3, 0.4) is 0 Å². The highest BCUT2D eigenvalue weighted by Crippen LogP contribution is 2.23. The summed E-state index contributed by atoms with van der Waals surface area (Å²) in [4.78, 5) is 20.0. The molecule has 1 rings (SSSR count). The summed E-state index contributed by atoms with van der Waals surface area (Å²) in [6, 6.07) is 0. The number of hydrogen-bond donors (Lipinski definition) is 2. The maximum Gasteiger partial charge on any atom is 0.341 e. The lowest BCUT2D eigenvalue weighted by Crippen LogP contribution is -2.21. The van der Waals surface area contributed by atoms with E-state index in [1.165, 1.54) is 0 Å². The average molecular weight is 281 g/mol. The van der Waals surface area contributed by atoms with Crippen LogP contribution in [0, 0.1) is 6.92 Å². The van der Waals surface area contributed by atoms with Crippen molar-refractivity contribution in [2.45, 2.75) is 39.5 Å². The molecule has 1 heterocycles. The maximum atomic E-state index is 11.3. The summed E-state index contributed by atoms with van der Waals surface area (Å²) >= 11 is 0. The zero-order valence-electron chi connectivity index (χ0n) is 12.8. The molecule has 112 valence electrons. The lowest BCUT2D eigenvalue weighted by atomic mass is 9.95. The van der Waals surface area contributed by atoms with Crippen molar-refractivity contribution in [3.8, 4) is 0 Å². The van der Waals surface area contributed by atoms with Gasteiger partial charge in [0.25, 0.3) is 0 Å². The summed E-state index contributed by atoms with van der Waals surface area (Å²) in [5, 5.41) is 12.4. The Hall–Kier alpha value is -1.69. The smallest absolute Gasteiger partial charge is 0.341 e. The zero-order chi connectivity index (χ0) is 15.3. The third-order valence-electron chi connectivity index (χ3n) is 2.79. The zero-order valence-corrected chi connectivity index (χ0v) is 12.8. The Bertz CT molecular complexity index is 481. The van der Waals surface area contributed by atoms with Crippen LogP contribution in [0.5, 0.6) is 0 Å². The molecule has 0 bridgehead atoms. The molecule has 0 aliphatic rings. The normalized spacial score (nSPS) is 11.4. The molecule has 0 unspecified atom stereocenters. The second-order valence-electron chi connectivity index (χ2n) is 5.68. The lowest BCUT2D eigenvalue weighted by Gasteiger charge is -2.20. The summed E-state index contributed by atoms with van der Waals surface area (Å²) < 4.78 is 4.97. The second kappa shape index (κ2) is 6.65. The first kappa shape index (κ1) is 16.4. The molecule has 6 heteroatoms. The Morgan fingerprint density at radius 2 is 2.00 bits per heavy atom. The number of carboxylic acids is 1. The minimum Gasteiger partial charge on any atom is -0.477 e. The van der Waals surface area contributed by atoms with Gasteiger partial charge in [-0.2, -0.15) is 0 Å². The number of hydrogen-bond acceptors (Lipinski definition) is 5. The molecule has 0 saturated heterocycles. The van der Waals surface area contributed by atoms with E-state index in [0.29, 0.717) is 30.5 Å². The average Bonchev–Trinajstić information content (AvgIpc) is 2.32. The Balaban J connectivity index is 3.09. The molecule has 2 N–H and O–H groups in total. The molecular weight excluding hydrogens is 258 g/mol. The van der Waals surface area contributed by atoms with Crippen LogP contribution in [0.15, 0.2) is 0 Å². The molecule has 0 fully saturated rings. The summed E-state index contributed by atoms with van der Waals surface area (Å²) in [6.07, 6.45) is 0.781. The predicted molar refractivity (Wildman–Crippen MR) is 77.4 cm³/mol. The van der Waals surface area contributed by atoms with Gasteiger partial charge >= 0.3 is 5.97 Å².